The molecule has 24 heavy (non-hydrogen) atoms. The molecule has 3 amide bonds. The molecule has 0 aromatic carbocycles. The summed E-state index contributed by atoms with van der Waals surface area (Å²) in [6, 6.07) is -0.0546. The number of aromatic nitrogens is 2. The van der Waals surface area contributed by atoms with Crippen LogP contribution in [0.1, 0.15) is 25.0 Å². The van der Waals surface area contributed by atoms with Crippen molar-refractivity contribution in [2.75, 3.05) is 39.8 Å². The van der Waals surface area contributed by atoms with E-state index < -0.39 is 5.54 Å². The second kappa shape index (κ2) is 7.21. The Morgan fingerprint density at radius 3 is 2.88 bits per heavy atom. The summed E-state index contributed by atoms with van der Waals surface area (Å²) < 4.78 is 0. The summed E-state index contributed by atoms with van der Waals surface area (Å²) in [6.07, 6.45) is 6.47. The average molecular weight is 334 g/mol. The second-order valence-corrected chi connectivity index (χ2v) is 6.61. The normalized spacial score (nSPS) is 21.4. The van der Waals surface area contributed by atoms with Crippen molar-refractivity contribution in [2.24, 2.45) is 0 Å². The number of nitrogens with zero attached hydrogens (tertiary/aromatic N) is 3. The van der Waals surface area contributed by atoms with E-state index in [1.165, 1.54) is 0 Å². The van der Waals surface area contributed by atoms with Crippen LogP contribution in [0.5, 0.6) is 0 Å². The number of urea groups is 1. The molecule has 2 fully saturated rings. The lowest BCUT2D eigenvalue weighted by Gasteiger charge is -2.44. The van der Waals surface area contributed by atoms with Crippen LogP contribution in [-0.2, 0) is 11.2 Å². The summed E-state index contributed by atoms with van der Waals surface area (Å²) in [5.41, 5.74) is 0.549. The zero-order valence-electron chi connectivity index (χ0n) is 14.2. The van der Waals surface area contributed by atoms with Gasteiger partial charge in [-0.05, 0) is 26.3 Å². The minimum absolute atomic E-state index is 0.0546. The molecule has 8 heteroatoms. The zero-order chi connectivity index (χ0) is 17.0. The molecular weight excluding hydrogens is 308 g/mol. The second-order valence-electron chi connectivity index (χ2n) is 6.61. The fourth-order valence-corrected chi connectivity index (χ4v) is 3.60. The number of hydrogen-bond acceptors (Lipinski definition) is 4. The lowest BCUT2D eigenvalue weighted by Crippen LogP contribution is -2.62. The Morgan fingerprint density at radius 1 is 1.38 bits per heavy atom. The first-order valence-electron chi connectivity index (χ1n) is 8.61. The van der Waals surface area contributed by atoms with Gasteiger partial charge >= 0.3 is 6.03 Å². The number of imidazole rings is 1. The third-order valence-corrected chi connectivity index (χ3v) is 5.21. The van der Waals surface area contributed by atoms with Crippen molar-refractivity contribution in [1.82, 2.24) is 30.4 Å². The Balaban J connectivity index is 1.50. The third kappa shape index (κ3) is 3.38. The summed E-state index contributed by atoms with van der Waals surface area (Å²) in [4.78, 5) is 35.8. The molecule has 0 saturated carbocycles. The first kappa shape index (κ1) is 16.8. The summed E-state index contributed by atoms with van der Waals surface area (Å²) >= 11 is 0. The van der Waals surface area contributed by atoms with Gasteiger partial charge in [0.05, 0.1) is 6.33 Å². The third-order valence-electron chi connectivity index (χ3n) is 5.21. The topological polar surface area (TPSA) is 93.4 Å². The van der Waals surface area contributed by atoms with Crippen molar-refractivity contribution in [3.63, 3.8) is 0 Å². The fraction of sp³-hybridized carbons (Fsp3) is 0.688. The smallest absolute Gasteiger partial charge is 0.317 e. The number of H-pyrrole nitrogens is 1. The maximum absolute atomic E-state index is 12.5. The highest BCUT2D eigenvalue weighted by molar-refractivity contribution is 5.87. The molecule has 2 aliphatic rings. The van der Waals surface area contributed by atoms with Crippen LogP contribution in [0.15, 0.2) is 12.5 Å². The van der Waals surface area contributed by atoms with Gasteiger partial charge in [0.15, 0.2) is 0 Å². The number of carbonyl (C=O) groups is 2. The molecular formula is C16H26N6O2. The van der Waals surface area contributed by atoms with Crippen molar-refractivity contribution >= 4 is 11.9 Å². The van der Waals surface area contributed by atoms with Crippen molar-refractivity contribution in [3.05, 3.63) is 18.2 Å². The van der Waals surface area contributed by atoms with Gasteiger partial charge in [0.1, 0.15) is 5.54 Å². The van der Waals surface area contributed by atoms with E-state index in [4.69, 9.17) is 0 Å². The molecule has 0 radical (unpaired) electrons. The van der Waals surface area contributed by atoms with E-state index in [2.05, 4.69) is 25.5 Å². The van der Waals surface area contributed by atoms with Crippen LogP contribution in [0.2, 0.25) is 0 Å². The summed E-state index contributed by atoms with van der Waals surface area (Å²) in [5, 5.41) is 5.96. The van der Waals surface area contributed by atoms with Gasteiger partial charge in [-0.2, -0.15) is 0 Å². The predicted octanol–water partition coefficient (Wildman–Crippen LogP) is -0.0519. The van der Waals surface area contributed by atoms with Gasteiger partial charge in [0.2, 0.25) is 5.91 Å². The number of amides is 3. The van der Waals surface area contributed by atoms with Gasteiger partial charge in [-0.25, -0.2) is 9.78 Å². The molecule has 0 atom stereocenters. The van der Waals surface area contributed by atoms with Gasteiger partial charge in [0, 0.05) is 51.0 Å². The molecule has 0 bridgehead atoms. The van der Waals surface area contributed by atoms with Crippen molar-refractivity contribution in [1.29, 1.82) is 0 Å². The number of likely N-dealkylation sites (N-methyl/N-ethyl adjacent to an activating group) is 1. The maximum atomic E-state index is 12.5. The summed E-state index contributed by atoms with van der Waals surface area (Å²) in [5.74, 6) is 0.113. The lowest BCUT2D eigenvalue weighted by molar-refractivity contribution is -0.134. The van der Waals surface area contributed by atoms with E-state index >= 15 is 0 Å². The molecule has 1 spiro atoms. The first-order chi connectivity index (χ1) is 11.6. The summed E-state index contributed by atoms with van der Waals surface area (Å²) in [6.45, 7) is 3.43. The van der Waals surface area contributed by atoms with E-state index in [9.17, 15) is 9.59 Å². The lowest BCUT2D eigenvalue weighted by atomic mass is 9.85. The Morgan fingerprint density at radius 2 is 2.17 bits per heavy atom. The van der Waals surface area contributed by atoms with E-state index in [0.29, 0.717) is 32.5 Å². The number of aromatic amines is 1. The molecule has 3 rings (SSSR count). The molecule has 2 aliphatic heterocycles. The highest BCUT2D eigenvalue weighted by atomic mass is 16.2. The fourth-order valence-electron chi connectivity index (χ4n) is 3.60. The number of rotatable bonds is 3. The Bertz CT molecular complexity index is 565. The monoisotopic (exact) mass is 334 g/mol. The molecule has 1 aromatic rings. The predicted molar refractivity (Wildman–Crippen MR) is 89.5 cm³/mol. The minimum atomic E-state index is -0.455. The van der Waals surface area contributed by atoms with Gasteiger partial charge in [0.25, 0.3) is 0 Å². The van der Waals surface area contributed by atoms with Crippen LogP contribution in [0.4, 0.5) is 4.79 Å². The Hall–Kier alpha value is -2.09. The number of nitrogens with one attached hydrogen (secondary N) is 3. The van der Waals surface area contributed by atoms with E-state index in [0.717, 1.165) is 31.6 Å². The largest absolute Gasteiger partial charge is 0.354 e. The summed E-state index contributed by atoms with van der Waals surface area (Å²) in [7, 11) is 2.02. The number of carbonyl (C=O) groups excluding carboxylic acids is 2. The average Bonchev–Trinajstić information content (AvgIpc) is 3.07. The van der Waals surface area contributed by atoms with Crippen LogP contribution in [-0.4, -0.2) is 77.0 Å². The highest BCUT2D eigenvalue weighted by Gasteiger charge is 2.46. The van der Waals surface area contributed by atoms with Crippen LogP contribution in [0.3, 0.4) is 0 Å². The minimum Gasteiger partial charge on any atom is -0.354 e. The molecule has 132 valence electrons. The van der Waals surface area contributed by atoms with Gasteiger partial charge in [-0.1, -0.05) is 0 Å². The van der Waals surface area contributed by atoms with E-state index in [1.807, 2.05) is 11.9 Å². The SMILES string of the molecule is CN1CCCNC(=O)C12CCN(C(=O)NCCc1cnc[nH]1)CC2. The van der Waals surface area contributed by atoms with Gasteiger partial charge < -0.3 is 20.5 Å². The van der Waals surface area contributed by atoms with Crippen LogP contribution in [0, 0.1) is 0 Å². The van der Waals surface area contributed by atoms with E-state index in [-0.39, 0.29) is 11.9 Å². The Labute approximate surface area is 142 Å². The zero-order valence-corrected chi connectivity index (χ0v) is 14.2. The molecule has 8 nitrogen and oxygen atoms in total. The van der Waals surface area contributed by atoms with Crippen LogP contribution >= 0.6 is 0 Å². The first-order valence-corrected chi connectivity index (χ1v) is 8.61. The Kier molecular flexibility index (Phi) is 5.03. The number of likely N-dealkylation sites (tertiary alicyclic amines) is 1. The molecule has 0 aliphatic carbocycles. The maximum Gasteiger partial charge on any atom is 0.317 e. The van der Waals surface area contributed by atoms with Crippen molar-refractivity contribution in [2.45, 2.75) is 31.2 Å². The quantitative estimate of drug-likeness (QED) is 0.722. The van der Waals surface area contributed by atoms with Crippen molar-refractivity contribution in [3.8, 4) is 0 Å². The van der Waals surface area contributed by atoms with Gasteiger partial charge in [-0.15, -0.1) is 0 Å². The molecule has 2 saturated heterocycles. The molecule has 3 heterocycles. The number of piperidine rings is 1. The molecule has 1 aromatic heterocycles. The standard InChI is InChI=1S/C16H26N6O2/c1-21-8-2-6-18-14(23)16(21)4-9-22(10-5-16)15(24)19-7-3-13-11-17-12-20-13/h11-12H,2-10H2,1H3,(H,17,20)(H,18,23)(H,19,24). The number of hydrogen-bond donors (Lipinski definition) is 3. The van der Waals surface area contributed by atoms with Gasteiger partial charge in [-0.3, -0.25) is 9.69 Å². The van der Waals surface area contributed by atoms with E-state index in [1.54, 1.807) is 12.5 Å². The highest BCUT2D eigenvalue weighted by Crippen LogP contribution is 2.29. The van der Waals surface area contributed by atoms with Crippen molar-refractivity contribution < 1.29 is 9.59 Å². The molecule has 0 unspecified atom stereocenters. The molecule has 3 N–H and O–H groups in total. The van der Waals surface area contributed by atoms with Crippen LogP contribution < -0.4 is 10.6 Å². The van der Waals surface area contributed by atoms with Crippen LogP contribution in [0.25, 0.3) is 0 Å².